The van der Waals surface area contributed by atoms with Crippen molar-refractivity contribution in [3.05, 3.63) is 40.3 Å². The van der Waals surface area contributed by atoms with Crippen molar-refractivity contribution in [2.45, 2.75) is 20.1 Å². The molecule has 0 saturated carbocycles. The first-order valence-corrected chi connectivity index (χ1v) is 6.59. The van der Waals surface area contributed by atoms with Crippen LogP contribution in [0, 0.1) is 0 Å². The van der Waals surface area contributed by atoms with Crippen molar-refractivity contribution in [2.75, 3.05) is 6.61 Å². The normalized spacial score (nSPS) is 10.3. The Hall–Kier alpha value is -1.59. The van der Waals surface area contributed by atoms with E-state index in [0.717, 1.165) is 10.6 Å². The van der Waals surface area contributed by atoms with Crippen LogP contribution in [0.5, 0.6) is 11.5 Å². The second kappa shape index (κ2) is 6.37. The Balaban J connectivity index is 2.10. The molecule has 2 rings (SSSR count). The fourth-order valence-corrected chi connectivity index (χ4v) is 2.03. The lowest BCUT2D eigenvalue weighted by atomic mass is 10.2. The average molecular weight is 265 g/mol. The van der Waals surface area contributed by atoms with Crippen LogP contribution in [0.25, 0.3) is 0 Å². The van der Waals surface area contributed by atoms with Crippen LogP contribution in [0.3, 0.4) is 0 Å². The van der Waals surface area contributed by atoms with Gasteiger partial charge in [-0.05, 0) is 24.6 Å². The molecule has 0 amide bonds. The van der Waals surface area contributed by atoms with Crippen molar-refractivity contribution >= 4 is 11.3 Å². The minimum absolute atomic E-state index is 0.00711. The maximum Gasteiger partial charge on any atom is 0.161 e. The molecule has 5 heteroatoms. The number of aliphatic hydroxyl groups is 1. The SMILES string of the molecule is CCOc1cc(CO)ccc1OCc1nccs1. The summed E-state index contributed by atoms with van der Waals surface area (Å²) in [5, 5.41) is 11.9. The van der Waals surface area contributed by atoms with Gasteiger partial charge in [0.25, 0.3) is 0 Å². The van der Waals surface area contributed by atoms with Crippen LogP contribution in [-0.2, 0) is 13.2 Å². The maximum absolute atomic E-state index is 9.10. The van der Waals surface area contributed by atoms with Crippen molar-refractivity contribution in [3.63, 3.8) is 0 Å². The van der Waals surface area contributed by atoms with E-state index in [-0.39, 0.29) is 6.61 Å². The van der Waals surface area contributed by atoms with E-state index in [1.807, 2.05) is 24.4 Å². The quantitative estimate of drug-likeness (QED) is 0.872. The van der Waals surface area contributed by atoms with Crippen molar-refractivity contribution in [2.24, 2.45) is 0 Å². The Labute approximate surface area is 110 Å². The van der Waals surface area contributed by atoms with Crippen molar-refractivity contribution in [1.82, 2.24) is 4.98 Å². The van der Waals surface area contributed by atoms with Crippen LogP contribution in [0.1, 0.15) is 17.5 Å². The van der Waals surface area contributed by atoms with Gasteiger partial charge in [0.1, 0.15) is 11.6 Å². The van der Waals surface area contributed by atoms with Gasteiger partial charge in [-0.1, -0.05) is 6.07 Å². The van der Waals surface area contributed by atoms with E-state index in [2.05, 4.69) is 4.98 Å². The number of hydrogen-bond donors (Lipinski definition) is 1. The predicted octanol–water partition coefficient (Wildman–Crippen LogP) is 2.61. The number of ether oxygens (including phenoxy) is 2. The first-order chi connectivity index (χ1) is 8.83. The second-order valence-corrected chi connectivity index (χ2v) is 4.57. The summed E-state index contributed by atoms with van der Waals surface area (Å²) >= 11 is 1.55. The van der Waals surface area contributed by atoms with Crippen molar-refractivity contribution in [1.29, 1.82) is 0 Å². The number of thiazole rings is 1. The van der Waals surface area contributed by atoms with Gasteiger partial charge in [0.2, 0.25) is 0 Å². The summed E-state index contributed by atoms with van der Waals surface area (Å²) < 4.78 is 11.2. The second-order valence-electron chi connectivity index (χ2n) is 3.59. The van der Waals surface area contributed by atoms with Gasteiger partial charge < -0.3 is 14.6 Å². The summed E-state index contributed by atoms with van der Waals surface area (Å²) in [6.07, 6.45) is 1.75. The molecule has 4 nitrogen and oxygen atoms in total. The Morgan fingerprint density at radius 1 is 1.28 bits per heavy atom. The highest BCUT2D eigenvalue weighted by Gasteiger charge is 2.07. The lowest BCUT2D eigenvalue weighted by Crippen LogP contribution is -2.00. The molecule has 1 heterocycles. The first kappa shape index (κ1) is 12.9. The molecule has 0 fully saturated rings. The minimum Gasteiger partial charge on any atom is -0.490 e. The van der Waals surface area contributed by atoms with Crippen molar-refractivity contribution in [3.8, 4) is 11.5 Å². The zero-order chi connectivity index (χ0) is 12.8. The Morgan fingerprint density at radius 3 is 2.83 bits per heavy atom. The molecule has 96 valence electrons. The van der Waals surface area contributed by atoms with Gasteiger partial charge in [0.15, 0.2) is 11.5 Å². The van der Waals surface area contributed by atoms with Gasteiger partial charge in [0.05, 0.1) is 13.2 Å². The van der Waals surface area contributed by atoms with Gasteiger partial charge in [-0.2, -0.15) is 0 Å². The molecule has 0 unspecified atom stereocenters. The fraction of sp³-hybridized carbons (Fsp3) is 0.308. The fourth-order valence-electron chi connectivity index (χ4n) is 1.50. The molecule has 0 spiro atoms. The molecule has 0 atom stereocenters. The third-order valence-electron chi connectivity index (χ3n) is 2.33. The summed E-state index contributed by atoms with van der Waals surface area (Å²) in [5.74, 6) is 1.32. The summed E-state index contributed by atoms with van der Waals surface area (Å²) in [6.45, 7) is 2.89. The van der Waals surface area contributed by atoms with E-state index in [9.17, 15) is 0 Å². The van der Waals surface area contributed by atoms with E-state index in [4.69, 9.17) is 14.6 Å². The van der Waals surface area contributed by atoms with E-state index in [1.165, 1.54) is 0 Å². The number of hydrogen-bond acceptors (Lipinski definition) is 5. The Bertz CT molecular complexity index is 485. The van der Waals surface area contributed by atoms with Crippen LogP contribution in [0.15, 0.2) is 29.8 Å². The molecule has 1 N–H and O–H groups in total. The van der Waals surface area contributed by atoms with E-state index < -0.39 is 0 Å². The highest BCUT2D eigenvalue weighted by molar-refractivity contribution is 7.09. The molecular weight excluding hydrogens is 250 g/mol. The molecular formula is C13H15NO3S. The largest absolute Gasteiger partial charge is 0.490 e. The first-order valence-electron chi connectivity index (χ1n) is 5.71. The van der Waals surface area contributed by atoms with E-state index in [1.54, 1.807) is 23.6 Å². The van der Waals surface area contributed by atoms with Gasteiger partial charge in [-0.3, -0.25) is 0 Å². The third-order valence-corrected chi connectivity index (χ3v) is 3.08. The summed E-state index contributed by atoms with van der Waals surface area (Å²) in [5.41, 5.74) is 0.806. The molecule has 1 aromatic heterocycles. The van der Waals surface area contributed by atoms with Gasteiger partial charge in [-0.15, -0.1) is 11.3 Å². The monoisotopic (exact) mass is 265 g/mol. The number of aromatic nitrogens is 1. The third kappa shape index (κ3) is 3.21. The standard InChI is InChI=1S/C13H15NO3S/c1-2-16-12-7-10(8-15)3-4-11(12)17-9-13-14-5-6-18-13/h3-7,15H,2,8-9H2,1H3. The van der Waals surface area contributed by atoms with Crippen LogP contribution in [0.2, 0.25) is 0 Å². The zero-order valence-electron chi connectivity index (χ0n) is 10.1. The molecule has 0 radical (unpaired) electrons. The number of rotatable bonds is 6. The number of aliphatic hydroxyl groups excluding tert-OH is 1. The maximum atomic E-state index is 9.10. The summed E-state index contributed by atoms with van der Waals surface area (Å²) in [4.78, 5) is 4.15. The van der Waals surface area contributed by atoms with Gasteiger partial charge >= 0.3 is 0 Å². The predicted molar refractivity (Wildman–Crippen MR) is 70.0 cm³/mol. The number of nitrogens with zero attached hydrogens (tertiary/aromatic N) is 1. The highest BCUT2D eigenvalue weighted by Crippen LogP contribution is 2.29. The van der Waals surface area contributed by atoms with Gasteiger partial charge in [-0.25, -0.2) is 4.98 Å². The van der Waals surface area contributed by atoms with Crippen LogP contribution in [0.4, 0.5) is 0 Å². The molecule has 0 saturated heterocycles. The Kier molecular flexibility index (Phi) is 4.55. The molecule has 0 aliphatic rings. The highest BCUT2D eigenvalue weighted by atomic mass is 32.1. The smallest absolute Gasteiger partial charge is 0.161 e. The summed E-state index contributed by atoms with van der Waals surface area (Å²) in [7, 11) is 0. The van der Waals surface area contributed by atoms with Crippen molar-refractivity contribution < 1.29 is 14.6 Å². The van der Waals surface area contributed by atoms with Crippen LogP contribution < -0.4 is 9.47 Å². The molecule has 0 aliphatic heterocycles. The average Bonchev–Trinajstić information content (AvgIpc) is 2.90. The molecule has 1 aromatic carbocycles. The lowest BCUT2D eigenvalue weighted by Gasteiger charge is -2.12. The lowest BCUT2D eigenvalue weighted by molar-refractivity contribution is 0.263. The summed E-state index contributed by atoms with van der Waals surface area (Å²) in [6, 6.07) is 5.42. The molecule has 0 aliphatic carbocycles. The number of benzene rings is 1. The van der Waals surface area contributed by atoms with E-state index in [0.29, 0.717) is 24.7 Å². The van der Waals surface area contributed by atoms with Crippen LogP contribution >= 0.6 is 11.3 Å². The Morgan fingerprint density at radius 2 is 2.17 bits per heavy atom. The molecule has 18 heavy (non-hydrogen) atoms. The van der Waals surface area contributed by atoms with E-state index >= 15 is 0 Å². The zero-order valence-corrected chi connectivity index (χ0v) is 10.9. The van der Waals surface area contributed by atoms with Crippen LogP contribution in [-0.4, -0.2) is 16.7 Å². The topological polar surface area (TPSA) is 51.6 Å². The molecule has 2 aromatic rings. The van der Waals surface area contributed by atoms with Gasteiger partial charge in [0, 0.05) is 11.6 Å². The minimum atomic E-state index is -0.00711. The molecule has 0 bridgehead atoms.